The van der Waals surface area contributed by atoms with Crippen LogP contribution in [0.25, 0.3) is 0 Å². The molecule has 0 aliphatic heterocycles. The van der Waals surface area contributed by atoms with Crippen molar-refractivity contribution >= 4 is 17.5 Å². The number of rotatable bonds is 9. The van der Waals surface area contributed by atoms with Crippen molar-refractivity contribution in [3.05, 3.63) is 24.3 Å². The van der Waals surface area contributed by atoms with Crippen molar-refractivity contribution in [3.8, 4) is 0 Å². The van der Waals surface area contributed by atoms with Gasteiger partial charge in [-0.3, -0.25) is 5.32 Å². The molecule has 0 unspecified atom stereocenters. The summed E-state index contributed by atoms with van der Waals surface area (Å²) in [6, 6.07) is 7.73. The van der Waals surface area contributed by atoms with Crippen molar-refractivity contribution in [3.63, 3.8) is 0 Å². The second-order valence-corrected chi connectivity index (χ2v) is 6.87. The maximum atomic E-state index is 11.9. The van der Waals surface area contributed by atoms with Crippen LogP contribution in [0.15, 0.2) is 24.3 Å². The van der Waals surface area contributed by atoms with Gasteiger partial charge in [-0.15, -0.1) is 0 Å². The Morgan fingerprint density at radius 1 is 1.00 bits per heavy atom. The lowest BCUT2D eigenvalue weighted by molar-refractivity contribution is 0.0636. The molecule has 0 spiro atoms. The maximum absolute atomic E-state index is 11.9. The molecule has 0 aliphatic rings. The Bertz CT molecular complexity index is 467. The summed E-state index contributed by atoms with van der Waals surface area (Å²) < 4.78 is 5.30. The highest BCUT2D eigenvalue weighted by molar-refractivity contribution is 5.89. The molecule has 1 aromatic carbocycles. The molecule has 0 aliphatic carbocycles. The van der Waals surface area contributed by atoms with Gasteiger partial charge in [-0.1, -0.05) is 51.2 Å². The Labute approximate surface area is 141 Å². The van der Waals surface area contributed by atoms with Crippen LogP contribution in [0.5, 0.6) is 0 Å². The lowest BCUT2D eigenvalue weighted by Crippen LogP contribution is -2.27. The van der Waals surface area contributed by atoms with Gasteiger partial charge in [0.25, 0.3) is 0 Å². The Balaban J connectivity index is 2.40. The minimum Gasteiger partial charge on any atom is -0.444 e. The number of carbonyl (C=O) groups is 1. The summed E-state index contributed by atoms with van der Waals surface area (Å²) in [4.78, 5) is 11.9. The molecule has 0 fully saturated rings. The zero-order valence-corrected chi connectivity index (χ0v) is 15.1. The summed E-state index contributed by atoms with van der Waals surface area (Å²) in [5.41, 5.74) is 1.20. The third kappa shape index (κ3) is 9.11. The van der Waals surface area contributed by atoms with Crippen molar-refractivity contribution < 1.29 is 9.53 Å². The maximum Gasteiger partial charge on any atom is 0.412 e. The van der Waals surface area contributed by atoms with Crippen molar-refractivity contribution in [1.82, 2.24) is 0 Å². The van der Waals surface area contributed by atoms with E-state index in [2.05, 4.69) is 17.6 Å². The SMILES string of the molecule is CCCCCCCCNc1ccccc1NC(=O)OC(C)(C)C. The molecule has 0 radical (unpaired) electrons. The predicted molar refractivity (Wildman–Crippen MR) is 98.2 cm³/mol. The van der Waals surface area contributed by atoms with Gasteiger partial charge in [-0.2, -0.15) is 0 Å². The molecular formula is C19H32N2O2. The zero-order valence-electron chi connectivity index (χ0n) is 15.1. The molecule has 4 heteroatoms. The molecule has 1 rings (SSSR count). The molecule has 0 saturated heterocycles. The van der Waals surface area contributed by atoms with E-state index in [1.54, 1.807) is 0 Å². The van der Waals surface area contributed by atoms with E-state index in [9.17, 15) is 4.79 Å². The van der Waals surface area contributed by atoms with Gasteiger partial charge < -0.3 is 10.1 Å². The first-order valence-electron chi connectivity index (χ1n) is 8.75. The van der Waals surface area contributed by atoms with Crippen LogP contribution in [-0.4, -0.2) is 18.2 Å². The highest BCUT2D eigenvalue weighted by Gasteiger charge is 2.16. The topological polar surface area (TPSA) is 50.4 Å². The van der Waals surface area contributed by atoms with Crippen molar-refractivity contribution in [2.75, 3.05) is 17.2 Å². The van der Waals surface area contributed by atoms with Gasteiger partial charge in [-0.25, -0.2) is 4.79 Å². The van der Waals surface area contributed by atoms with Crippen LogP contribution in [-0.2, 0) is 4.74 Å². The van der Waals surface area contributed by atoms with E-state index in [4.69, 9.17) is 4.74 Å². The number of para-hydroxylation sites is 2. The number of nitrogens with one attached hydrogen (secondary N) is 2. The van der Waals surface area contributed by atoms with Crippen molar-refractivity contribution in [2.45, 2.75) is 71.8 Å². The normalized spacial score (nSPS) is 11.1. The number of ether oxygens (including phenoxy) is 1. The number of benzene rings is 1. The minimum absolute atomic E-state index is 0.425. The molecule has 1 amide bonds. The van der Waals surface area contributed by atoms with Gasteiger partial charge in [0, 0.05) is 6.54 Å². The predicted octanol–water partition coefficient (Wildman–Crippen LogP) is 5.81. The molecule has 2 N–H and O–H groups in total. The van der Waals surface area contributed by atoms with E-state index in [1.807, 2.05) is 45.0 Å². The van der Waals surface area contributed by atoms with E-state index in [-0.39, 0.29) is 0 Å². The zero-order chi connectivity index (χ0) is 17.1. The molecule has 0 bridgehead atoms. The van der Waals surface area contributed by atoms with Crippen LogP contribution in [0, 0.1) is 0 Å². The summed E-state index contributed by atoms with van der Waals surface area (Å²) in [6.07, 6.45) is 7.20. The lowest BCUT2D eigenvalue weighted by atomic mass is 10.1. The van der Waals surface area contributed by atoms with Crippen LogP contribution in [0.3, 0.4) is 0 Å². The van der Waals surface area contributed by atoms with Crippen LogP contribution >= 0.6 is 0 Å². The Hall–Kier alpha value is -1.71. The number of carbonyl (C=O) groups excluding carboxylic acids is 1. The first-order chi connectivity index (χ1) is 10.9. The molecule has 0 atom stereocenters. The van der Waals surface area contributed by atoms with E-state index in [0.29, 0.717) is 0 Å². The lowest BCUT2D eigenvalue weighted by Gasteiger charge is -2.20. The summed E-state index contributed by atoms with van der Waals surface area (Å²) in [5, 5.41) is 6.21. The van der Waals surface area contributed by atoms with Gasteiger partial charge in [-0.05, 0) is 39.3 Å². The van der Waals surface area contributed by atoms with Crippen molar-refractivity contribution in [1.29, 1.82) is 0 Å². The molecule has 4 nitrogen and oxygen atoms in total. The van der Waals surface area contributed by atoms with E-state index in [0.717, 1.165) is 24.3 Å². The summed E-state index contributed by atoms with van der Waals surface area (Å²) >= 11 is 0. The summed E-state index contributed by atoms with van der Waals surface area (Å²) in [7, 11) is 0. The standard InChI is InChI=1S/C19H32N2O2/c1-5-6-7-8-9-12-15-20-16-13-10-11-14-17(16)21-18(22)23-19(2,3)4/h10-11,13-14,20H,5-9,12,15H2,1-4H3,(H,21,22). The molecule has 0 aromatic heterocycles. The number of hydrogen-bond acceptors (Lipinski definition) is 3. The first-order valence-corrected chi connectivity index (χ1v) is 8.75. The van der Waals surface area contributed by atoms with Crippen LogP contribution < -0.4 is 10.6 Å². The number of amides is 1. The fourth-order valence-corrected chi connectivity index (χ4v) is 2.29. The van der Waals surface area contributed by atoms with E-state index < -0.39 is 11.7 Å². The molecular weight excluding hydrogens is 288 g/mol. The fraction of sp³-hybridized carbons (Fsp3) is 0.632. The van der Waals surface area contributed by atoms with Crippen molar-refractivity contribution in [2.24, 2.45) is 0 Å². The van der Waals surface area contributed by atoms with E-state index >= 15 is 0 Å². The van der Waals surface area contributed by atoms with E-state index in [1.165, 1.54) is 32.1 Å². The second-order valence-electron chi connectivity index (χ2n) is 6.87. The third-order valence-corrected chi connectivity index (χ3v) is 3.41. The molecule has 1 aromatic rings. The van der Waals surface area contributed by atoms with Gasteiger partial charge in [0.15, 0.2) is 0 Å². The van der Waals surface area contributed by atoms with Crippen LogP contribution in [0.1, 0.15) is 66.2 Å². The molecule has 0 saturated carbocycles. The second kappa shape index (κ2) is 10.1. The Morgan fingerprint density at radius 2 is 1.61 bits per heavy atom. The Kier molecular flexibility index (Phi) is 8.52. The third-order valence-electron chi connectivity index (χ3n) is 3.41. The largest absolute Gasteiger partial charge is 0.444 e. The highest BCUT2D eigenvalue weighted by atomic mass is 16.6. The quantitative estimate of drug-likeness (QED) is 0.565. The van der Waals surface area contributed by atoms with Gasteiger partial charge in [0.2, 0.25) is 0 Å². The van der Waals surface area contributed by atoms with Crippen LogP contribution in [0.2, 0.25) is 0 Å². The summed E-state index contributed by atoms with van der Waals surface area (Å²) in [5.74, 6) is 0. The first kappa shape index (κ1) is 19.3. The molecule has 130 valence electrons. The average molecular weight is 320 g/mol. The fourth-order valence-electron chi connectivity index (χ4n) is 2.29. The average Bonchev–Trinajstić information content (AvgIpc) is 2.46. The highest BCUT2D eigenvalue weighted by Crippen LogP contribution is 2.22. The smallest absolute Gasteiger partial charge is 0.412 e. The van der Waals surface area contributed by atoms with Gasteiger partial charge in [0.1, 0.15) is 5.60 Å². The van der Waals surface area contributed by atoms with Crippen LogP contribution in [0.4, 0.5) is 16.2 Å². The number of unbranched alkanes of at least 4 members (excludes halogenated alkanes) is 5. The number of hydrogen-bond donors (Lipinski definition) is 2. The monoisotopic (exact) mass is 320 g/mol. The minimum atomic E-state index is -0.495. The van der Waals surface area contributed by atoms with Gasteiger partial charge in [0.05, 0.1) is 11.4 Å². The molecule has 0 heterocycles. The Morgan fingerprint density at radius 3 is 2.26 bits per heavy atom. The summed E-state index contributed by atoms with van der Waals surface area (Å²) in [6.45, 7) is 8.72. The molecule has 23 heavy (non-hydrogen) atoms. The van der Waals surface area contributed by atoms with Gasteiger partial charge >= 0.3 is 6.09 Å². The number of anilines is 2.